The molecule has 0 aliphatic heterocycles. The minimum atomic E-state index is -1.22. The molecule has 3 heteroatoms. The van der Waals surface area contributed by atoms with Crippen molar-refractivity contribution in [2.24, 2.45) is 4.40 Å². The van der Waals surface area contributed by atoms with Gasteiger partial charge in [-0.25, -0.2) is 0 Å². The Morgan fingerprint density at radius 1 is 0.818 bits per heavy atom. The maximum absolute atomic E-state index is 12.1. The highest BCUT2D eigenvalue weighted by molar-refractivity contribution is 7.91. The van der Waals surface area contributed by atoms with Crippen LogP contribution in [-0.4, -0.2) is 15.5 Å². The number of nitrogens with zero attached hydrogens (tertiary/aromatic N) is 1. The van der Waals surface area contributed by atoms with Gasteiger partial charge in [0, 0.05) is 0 Å². The van der Waals surface area contributed by atoms with Crippen molar-refractivity contribution in [3.05, 3.63) is 34.9 Å². The first-order valence-electron chi connectivity index (χ1n) is 7.83. The van der Waals surface area contributed by atoms with Crippen molar-refractivity contribution in [2.45, 2.75) is 77.9 Å². The molecule has 22 heavy (non-hydrogen) atoms. The van der Waals surface area contributed by atoms with E-state index < -0.39 is 11.4 Å². The van der Waals surface area contributed by atoms with E-state index in [0.717, 1.165) is 5.56 Å². The molecule has 1 aromatic carbocycles. The van der Waals surface area contributed by atoms with Crippen molar-refractivity contribution < 1.29 is 4.55 Å². The van der Waals surface area contributed by atoms with E-state index in [2.05, 4.69) is 64.1 Å². The fraction of sp³-hybridized carbons (Fsp3) is 0.632. The summed E-state index contributed by atoms with van der Waals surface area (Å²) in [7, 11) is 0. The molecule has 1 atom stereocenters. The van der Waals surface area contributed by atoms with Gasteiger partial charge in [0.2, 0.25) is 0 Å². The summed E-state index contributed by atoms with van der Waals surface area (Å²) in [6.07, 6.45) is 1.76. The fourth-order valence-corrected chi connectivity index (χ4v) is 2.39. The molecule has 0 saturated carbocycles. The topological polar surface area (TPSA) is 35.4 Å². The quantitative estimate of drug-likeness (QED) is 0.547. The molecule has 0 bridgehead atoms. The Morgan fingerprint density at radius 2 is 1.23 bits per heavy atom. The molecule has 0 spiro atoms. The summed E-state index contributed by atoms with van der Waals surface area (Å²) in [5.41, 5.74) is 3.74. The van der Waals surface area contributed by atoms with Gasteiger partial charge < -0.3 is 4.55 Å². The van der Waals surface area contributed by atoms with E-state index in [9.17, 15) is 4.55 Å². The molecule has 1 aromatic rings. The van der Waals surface area contributed by atoms with Crippen molar-refractivity contribution in [1.82, 2.24) is 0 Å². The fourth-order valence-electron chi connectivity index (χ4n) is 1.86. The van der Waals surface area contributed by atoms with E-state index in [1.54, 1.807) is 6.21 Å². The van der Waals surface area contributed by atoms with E-state index in [1.807, 2.05) is 20.8 Å². The van der Waals surface area contributed by atoms with Gasteiger partial charge >= 0.3 is 0 Å². The van der Waals surface area contributed by atoms with Gasteiger partial charge in [-0.05, 0) is 60.4 Å². The summed E-state index contributed by atoms with van der Waals surface area (Å²) in [6, 6.07) is 6.58. The number of rotatable bonds is 2. The zero-order chi connectivity index (χ0) is 17.3. The molecule has 1 rings (SSSR count). The monoisotopic (exact) mass is 321 g/mol. The minimum absolute atomic E-state index is 0.0764. The van der Waals surface area contributed by atoms with Gasteiger partial charge in [-0.1, -0.05) is 52.0 Å². The Labute approximate surface area is 139 Å². The molecule has 0 radical (unpaired) electrons. The summed E-state index contributed by atoms with van der Waals surface area (Å²) in [5.74, 6) is 0. The van der Waals surface area contributed by atoms with Gasteiger partial charge in [0.1, 0.15) is 16.1 Å². The van der Waals surface area contributed by atoms with Crippen LogP contribution in [0.5, 0.6) is 0 Å². The lowest BCUT2D eigenvalue weighted by Gasteiger charge is -2.25. The minimum Gasteiger partial charge on any atom is -0.591 e. The predicted octanol–water partition coefficient (Wildman–Crippen LogP) is 5.16. The molecule has 0 N–H and O–H groups in total. The largest absolute Gasteiger partial charge is 0.591 e. The summed E-state index contributed by atoms with van der Waals surface area (Å²) < 4.78 is 16.0. The van der Waals surface area contributed by atoms with E-state index in [1.165, 1.54) is 11.1 Å². The Balaban J connectivity index is 3.28. The maximum Gasteiger partial charge on any atom is 0.144 e. The van der Waals surface area contributed by atoms with Crippen LogP contribution >= 0.6 is 0 Å². The average molecular weight is 322 g/mol. The number of hydrogen-bond donors (Lipinski definition) is 0. The van der Waals surface area contributed by atoms with Crippen molar-refractivity contribution >= 4 is 17.6 Å². The molecular weight excluding hydrogens is 290 g/mol. The molecular formula is C19H31NOS. The smallest absolute Gasteiger partial charge is 0.144 e. The summed E-state index contributed by atoms with van der Waals surface area (Å²) in [4.78, 5) is 0. The van der Waals surface area contributed by atoms with Crippen molar-refractivity contribution in [3.8, 4) is 0 Å². The van der Waals surface area contributed by atoms with E-state index in [4.69, 9.17) is 0 Å². The molecule has 0 amide bonds. The zero-order valence-electron chi connectivity index (χ0n) is 15.6. The third-order valence-corrected chi connectivity index (χ3v) is 4.85. The number of hydrogen-bond acceptors (Lipinski definition) is 2. The van der Waals surface area contributed by atoms with Gasteiger partial charge in [-0.2, -0.15) is 0 Å². The molecule has 1 unspecified atom stereocenters. The van der Waals surface area contributed by atoms with Gasteiger partial charge in [-0.15, -0.1) is 0 Å². The third kappa shape index (κ3) is 5.44. The standard InChI is InChI=1S/C19H31NOS/c1-17(2,3)15-10-14(11-16(12-15)18(4,5)6)13-20-22(21)19(7,8)9/h10-13H,1-9H3. The molecule has 0 aliphatic carbocycles. The van der Waals surface area contributed by atoms with Gasteiger partial charge in [-0.3, -0.25) is 0 Å². The van der Waals surface area contributed by atoms with Crippen LogP contribution in [0.3, 0.4) is 0 Å². The maximum atomic E-state index is 12.1. The van der Waals surface area contributed by atoms with Crippen LogP contribution in [0.1, 0.15) is 79.0 Å². The third-order valence-electron chi connectivity index (χ3n) is 3.51. The van der Waals surface area contributed by atoms with Crippen molar-refractivity contribution in [2.75, 3.05) is 0 Å². The lowest BCUT2D eigenvalue weighted by molar-refractivity contribution is 0.562. The SMILES string of the molecule is CC(C)(C)c1cc(C=N[S+]([O-])C(C)(C)C)cc(C(C)(C)C)c1. The highest BCUT2D eigenvalue weighted by Crippen LogP contribution is 2.30. The van der Waals surface area contributed by atoms with E-state index in [0.29, 0.717) is 0 Å². The van der Waals surface area contributed by atoms with Gasteiger partial charge in [0.25, 0.3) is 0 Å². The Hall–Kier alpha value is -0.800. The summed E-state index contributed by atoms with van der Waals surface area (Å²) >= 11 is -1.22. The molecule has 0 heterocycles. The second-order valence-corrected chi connectivity index (χ2v) is 10.9. The first-order chi connectivity index (χ1) is 9.71. The Bertz CT molecular complexity index is 510. The molecule has 0 saturated heterocycles. The van der Waals surface area contributed by atoms with Crippen molar-refractivity contribution in [1.29, 1.82) is 0 Å². The van der Waals surface area contributed by atoms with Gasteiger partial charge in [0.15, 0.2) is 0 Å². The Morgan fingerprint density at radius 3 is 1.55 bits per heavy atom. The van der Waals surface area contributed by atoms with Crippen LogP contribution in [0.25, 0.3) is 0 Å². The van der Waals surface area contributed by atoms with E-state index in [-0.39, 0.29) is 15.6 Å². The summed E-state index contributed by atoms with van der Waals surface area (Å²) in [5, 5.41) is 0. The molecule has 0 aliphatic rings. The van der Waals surface area contributed by atoms with Crippen LogP contribution in [0.4, 0.5) is 0 Å². The second-order valence-electron chi connectivity index (χ2n) is 8.94. The average Bonchev–Trinajstić information content (AvgIpc) is 2.32. The van der Waals surface area contributed by atoms with Crippen LogP contribution in [-0.2, 0) is 22.2 Å². The lowest BCUT2D eigenvalue weighted by atomic mass is 9.80. The first-order valence-corrected chi connectivity index (χ1v) is 8.94. The van der Waals surface area contributed by atoms with Crippen LogP contribution in [0, 0.1) is 0 Å². The van der Waals surface area contributed by atoms with Gasteiger partial charge in [0.05, 0.1) is 6.21 Å². The lowest BCUT2D eigenvalue weighted by Crippen LogP contribution is -2.25. The molecule has 2 nitrogen and oxygen atoms in total. The molecule has 0 fully saturated rings. The van der Waals surface area contributed by atoms with Crippen LogP contribution in [0.2, 0.25) is 0 Å². The first kappa shape index (κ1) is 19.2. The van der Waals surface area contributed by atoms with Crippen LogP contribution in [0.15, 0.2) is 22.6 Å². The van der Waals surface area contributed by atoms with E-state index >= 15 is 0 Å². The molecule has 0 aromatic heterocycles. The Kier molecular flexibility index (Phi) is 5.57. The van der Waals surface area contributed by atoms with Crippen molar-refractivity contribution in [3.63, 3.8) is 0 Å². The van der Waals surface area contributed by atoms with Crippen LogP contribution < -0.4 is 0 Å². The highest BCUT2D eigenvalue weighted by atomic mass is 32.2. The highest BCUT2D eigenvalue weighted by Gasteiger charge is 2.26. The normalized spacial score (nSPS) is 15.4. The predicted molar refractivity (Wildman–Crippen MR) is 99.3 cm³/mol. The second kappa shape index (κ2) is 6.37. The molecule has 124 valence electrons. The zero-order valence-corrected chi connectivity index (χ0v) is 16.4. The summed E-state index contributed by atoms with van der Waals surface area (Å²) in [6.45, 7) is 19.1. The number of benzene rings is 1.